The standard InChI is InChI=1S/C19H21N3OS/c1-13-8-9-14(2)16(10-13)12-24-19-22-21-18(23-19)17(20)11-15-6-4-3-5-7-15/h3-10,17H,11-12,20H2,1-2H3/p+1/t17-/m0/s1. The van der Waals surface area contributed by atoms with Gasteiger partial charge in [0, 0.05) is 12.2 Å². The van der Waals surface area contributed by atoms with Gasteiger partial charge in [0.1, 0.15) is 0 Å². The third kappa shape index (κ3) is 4.24. The van der Waals surface area contributed by atoms with Gasteiger partial charge in [-0.1, -0.05) is 65.9 Å². The molecule has 0 aliphatic heterocycles. The van der Waals surface area contributed by atoms with E-state index in [0.29, 0.717) is 11.1 Å². The van der Waals surface area contributed by atoms with E-state index in [4.69, 9.17) is 4.42 Å². The van der Waals surface area contributed by atoms with Crippen molar-refractivity contribution in [2.45, 2.75) is 37.3 Å². The third-order valence-corrected chi connectivity index (χ3v) is 4.82. The number of quaternary nitrogens is 1. The van der Waals surface area contributed by atoms with Gasteiger partial charge in [-0.2, -0.15) is 0 Å². The Balaban J connectivity index is 1.62. The van der Waals surface area contributed by atoms with Gasteiger partial charge in [-0.05, 0) is 30.5 Å². The molecule has 3 N–H and O–H groups in total. The number of benzene rings is 2. The summed E-state index contributed by atoms with van der Waals surface area (Å²) in [7, 11) is 0. The lowest BCUT2D eigenvalue weighted by molar-refractivity contribution is -0.431. The molecule has 0 unspecified atom stereocenters. The zero-order valence-electron chi connectivity index (χ0n) is 14.0. The Kier molecular flexibility index (Phi) is 5.33. The zero-order valence-corrected chi connectivity index (χ0v) is 14.8. The van der Waals surface area contributed by atoms with Gasteiger partial charge >= 0.3 is 0 Å². The molecule has 1 atom stereocenters. The number of aromatic nitrogens is 2. The molecule has 0 bridgehead atoms. The maximum Gasteiger partial charge on any atom is 0.277 e. The molecule has 0 saturated carbocycles. The van der Waals surface area contributed by atoms with E-state index in [1.165, 1.54) is 22.3 Å². The van der Waals surface area contributed by atoms with Crippen LogP contribution in [0.4, 0.5) is 0 Å². The van der Waals surface area contributed by atoms with Crippen molar-refractivity contribution in [1.29, 1.82) is 0 Å². The van der Waals surface area contributed by atoms with E-state index in [0.717, 1.165) is 12.2 Å². The summed E-state index contributed by atoms with van der Waals surface area (Å²) in [6.45, 7) is 4.23. The molecule has 1 aromatic heterocycles. The Hall–Kier alpha value is -2.11. The monoisotopic (exact) mass is 340 g/mol. The summed E-state index contributed by atoms with van der Waals surface area (Å²) in [5.74, 6) is 1.43. The van der Waals surface area contributed by atoms with Gasteiger partial charge in [0.2, 0.25) is 0 Å². The number of hydrogen-bond acceptors (Lipinski definition) is 4. The van der Waals surface area contributed by atoms with Gasteiger partial charge in [0.25, 0.3) is 11.1 Å². The van der Waals surface area contributed by atoms with Crippen LogP contribution in [0.15, 0.2) is 58.2 Å². The predicted molar refractivity (Wildman–Crippen MR) is 95.6 cm³/mol. The first kappa shape index (κ1) is 16.7. The Morgan fingerprint density at radius 1 is 1.08 bits per heavy atom. The van der Waals surface area contributed by atoms with Gasteiger partial charge in [-0.15, -0.1) is 10.2 Å². The van der Waals surface area contributed by atoms with Gasteiger partial charge in [-0.3, -0.25) is 0 Å². The van der Waals surface area contributed by atoms with Crippen LogP contribution in [0, 0.1) is 13.8 Å². The average Bonchev–Trinajstić information content (AvgIpc) is 3.06. The molecule has 0 saturated heterocycles. The molecule has 0 amide bonds. The molecular weight excluding hydrogens is 318 g/mol. The molecule has 3 aromatic rings. The minimum absolute atomic E-state index is 0.0324. The fraction of sp³-hybridized carbons (Fsp3) is 0.263. The fourth-order valence-electron chi connectivity index (χ4n) is 2.52. The topological polar surface area (TPSA) is 66.6 Å². The second-order valence-electron chi connectivity index (χ2n) is 6.01. The Morgan fingerprint density at radius 3 is 2.67 bits per heavy atom. The first-order valence-corrected chi connectivity index (χ1v) is 8.99. The molecule has 0 radical (unpaired) electrons. The molecule has 0 fully saturated rings. The summed E-state index contributed by atoms with van der Waals surface area (Å²) in [5, 5.41) is 8.92. The van der Waals surface area contributed by atoms with Crippen LogP contribution >= 0.6 is 11.8 Å². The summed E-state index contributed by atoms with van der Waals surface area (Å²) in [4.78, 5) is 0. The number of hydrogen-bond donors (Lipinski definition) is 1. The maximum absolute atomic E-state index is 5.79. The molecule has 3 rings (SSSR count). The number of nitrogens with zero attached hydrogens (tertiary/aromatic N) is 2. The van der Waals surface area contributed by atoms with Crippen LogP contribution in [0.1, 0.15) is 34.2 Å². The van der Waals surface area contributed by atoms with E-state index >= 15 is 0 Å². The molecule has 5 heteroatoms. The van der Waals surface area contributed by atoms with Crippen molar-refractivity contribution in [2.24, 2.45) is 0 Å². The molecule has 0 aliphatic carbocycles. The minimum atomic E-state index is -0.0324. The Bertz CT molecular complexity index is 801. The molecule has 1 heterocycles. The predicted octanol–water partition coefficient (Wildman–Crippen LogP) is 3.50. The summed E-state index contributed by atoms with van der Waals surface area (Å²) in [5.41, 5.74) is 9.23. The van der Waals surface area contributed by atoms with Gasteiger partial charge in [0.15, 0.2) is 6.04 Å². The first-order chi connectivity index (χ1) is 11.6. The lowest BCUT2D eigenvalue weighted by atomic mass is 10.1. The highest BCUT2D eigenvalue weighted by Crippen LogP contribution is 2.25. The van der Waals surface area contributed by atoms with Crippen molar-refractivity contribution in [3.63, 3.8) is 0 Å². The summed E-state index contributed by atoms with van der Waals surface area (Å²) >= 11 is 1.57. The molecule has 0 spiro atoms. The van der Waals surface area contributed by atoms with Crippen LogP contribution in [-0.2, 0) is 12.2 Å². The number of rotatable bonds is 6. The smallest absolute Gasteiger partial charge is 0.277 e. The van der Waals surface area contributed by atoms with Crippen molar-refractivity contribution in [3.05, 3.63) is 76.7 Å². The molecular formula is C19H22N3OS+. The van der Waals surface area contributed by atoms with Crippen LogP contribution in [-0.4, -0.2) is 10.2 Å². The Morgan fingerprint density at radius 2 is 1.88 bits per heavy atom. The van der Waals surface area contributed by atoms with Crippen molar-refractivity contribution in [3.8, 4) is 0 Å². The second kappa shape index (κ2) is 7.64. The lowest BCUT2D eigenvalue weighted by Crippen LogP contribution is -2.54. The normalized spacial score (nSPS) is 12.3. The SMILES string of the molecule is Cc1ccc(C)c(CSc2nnc([C@@H]([NH3+])Cc3ccccc3)o2)c1. The van der Waals surface area contributed by atoms with Crippen molar-refractivity contribution < 1.29 is 10.2 Å². The van der Waals surface area contributed by atoms with Crippen LogP contribution in [0.25, 0.3) is 0 Å². The van der Waals surface area contributed by atoms with Gasteiger partial charge in [-0.25, -0.2) is 0 Å². The van der Waals surface area contributed by atoms with E-state index in [2.05, 4.69) is 60.1 Å². The third-order valence-electron chi connectivity index (χ3n) is 3.95. The quantitative estimate of drug-likeness (QED) is 0.697. The second-order valence-corrected chi connectivity index (χ2v) is 6.94. The highest BCUT2D eigenvalue weighted by Gasteiger charge is 2.18. The van der Waals surface area contributed by atoms with E-state index in [1.807, 2.05) is 18.2 Å². The first-order valence-electron chi connectivity index (χ1n) is 8.01. The average molecular weight is 340 g/mol. The van der Waals surface area contributed by atoms with E-state index in [9.17, 15) is 0 Å². The summed E-state index contributed by atoms with van der Waals surface area (Å²) < 4.78 is 5.79. The molecule has 24 heavy (non-hydrogen) atoms. The van der Waals surface area contributed by atoms with E-state index in [1.54, 1.807) is 11.8 Å². The van der Waals surface area contributed by atoms with E-state index in [-0.39, 0.29) is 6.04 Å². The van der Waals surface area contributed by atoms with Gasteiger partial charge in [0.05, 0.1) is 0 Å². The van der Waals surface area contributed by atoms with Crippen molar-refractivity contribution in [1.82, 2.24) is 10.2 Å². The highest BCUT2D eigenvalue weighted by molar-refractivity contribution is 7.98. The molecule has 4 nitrogen and oxygen atoms in total. The highest BCUT2D eigenvalue weighted by atomic mass is 32.2. The molecule has 2 aromatic carbocycles. The fourth-order valence-corrected chi connectivity index (χ4v) is 3.36. The summed E-state index contributed by atoms with van der Waals surface area (Å²) in [6, 6.07) is 16.7. The van der Waals surface area contributed by atoms with Crippen LogP contribution in [0.5, 0.6) is 0 Å². The maximum atomic E-state index is 5.79. The van der Waals surface area contributed by atoms with Crippen molar-refractivity contribution >= 4 is 11.8 Å². The molecule has 0 aliphatic rings. The van der Waals surface area contributed by atoms with E-state index < -0.39 is 0 Å². The Labute approximate surface area is 146 Å². The van der Waals surface area contributed by atoms with Gasteiger partial charge < -0.3 is 10.2 Å². The number of aryl methyl sites for hydroxylation is 2. The van der Waals surface area contributed by atoms with Crippen LogP contribution < -0.4 is 5.73 Å². The van der Waals surface area contributed by atoms with Crippen molar-refractivity contribution in [2.75, 3.05) is 0 Å². The summed E-state index contributed by atoms with van der Waals surface area (Å²) in [6.07, 6.45) is 0.796. The van der Waals surface area contributed by atoms with Crippen LogP contribution in [0.2, 0.25) is 0 Å². The van der Waals surface area contributed by atoms with Crippen LogP contribution in [0.3, 0.4) is 0 Å². The zero-order chi connectivity index (χ0) is 16.9. The number of thioether (sulfide) groups is 1. The minimum Gasteiger partial charge on any atom is -0.410 e. The lowest BCUT2D eigenvalue weighted by Gasteiger charge is -2.05. The molecule has 124 valence electrons. The largest absolute Gasteiger partial charge is 0.410 e.